The van der Waals surface area contributed by atoms with Crippen LogP contribution >= 0.6 is 23.2 Å². The van der Waals surface area contributed by atoms with Gasteiger partial charge in [-0.15, -0.1) is 0 Å². The maximum Gasteiger partial charge on any atom is 0.333 e. The number of carbonyl (C=O) groups excluding carboxylic acids is 1. The van der Waals surface area contributed by atoms with Gasteiger partial charge < -0.3 is 10.1 Å². The van der Waals surface area contributed by atoms with Gasteiger partial charge in [-0.2, -0.15) is 0 Å². The first-order valence-corrected chi connectivity index (χ1v) is 6.41. The minimum absolute atomic E-state index is 0.0531. The number of hydrogen-bond donors (Lipinski definition) is 1. The predicted octanol–water partition coefficient (Wildman–Crippen LogP) is 4.05. The summed E-state index contributed by atoms with van der Waals surface area (Å²) in [7, 11) is 1.33. The fraction of sp³-hybridized carbons (Fsp3) is 0.308. The molecule has 0 bridgehead atoms. The molecule has 0 unspecified atom stereocenters. The Hall–Kier alpha value is -1.26. The third kappa shape index (κ3) is 4.40. The topological polar surface area (TPSA) is 38.3 Å². The van der Waals surface area contributed by atoms with Gasteiger partial charge in [0.15, 0.2) is 5.82 Å². The number of halogens is 3. The molecule has 1 rings (SSSR count). The molecule has 0 aliphatic carbocycles. The number of anilines is 1. The van der Waals surface area contributed by atoms with Crippen LogP contribution in [-0.4, -0.2) is 19.6 Å². The van der Waals surface area contributed by atoms with Gasteiger partial charge in [0.25, 0.3) is 0 Å². The Bertz CT molecular complexity index is 480. The Balaban J connectivity index is 2.72. The summed E-state index contributed by atoms with van der Waals surface area (Å²) in [6.45, 7) is 2.24. The van der Waals surface area contributed by atoms with Crippen molar-refractivity contribution in [3.05, 3.63) is 39.6 Å². The first-order valence-electron chi connectivity index (χ1n) is 5.65. The molecular formula is C13H14Cl2FNO2. The molecule has 0 aromatic heterocycles. The Morgan fingerprint density at radius 1 is 1.42 bits per heavy atom. The smallest absolute Gasteiger partial charge is 0.333 e. The summed E-state index contributed by atoms with van der Waals surface area (Å²) >= 11 is 11.3. The zero-order chi connectivity index (χ0) is 14.4. The van der Waals surface area contributed by atoms with E-state index in [9.17, 15) is 9.18 Å². The first-order chi connectivity index (χ1) is 8.99. The van der Waals surface area contributed by atoms with E-state index < -0.39 is 5.82 Å². The van der Waals surface area contributed by atoms with Gasteiger partial charge in [0.05, 0.1) is 17.2 Å². The molecule has 1 aromatic carbocycles. The quantitative estimate of drug-likeness (QED) is 0.506. The van der Waals surface area contributed by atoms with E-state index in [1.807, 2.05) is 6.92 Å². The summed E-state index contributed by atoms with van der Waals surface area (Å²) < 4.78 is 17.8. The largest absolute Gasteiger partial charge is 0.466 e. The average molecular weight is 306 g/mol. The lowest BCUT2D eigenvalue weighted by molar-refractivity contribution is -0.136. The number of nitrogens with one attached hydrogen (secondary N) is 1. The van der Waals surface area contributed by atoms with E-state index >= 15 is 0 Å². The second kappa shape index (κ2) is 7.36. The van der Waals surface area contributed by atoms with Gasteiger partial charge in [0.2, 0.25) is 0 Å². The summed E-state index contributed by atoms with van der Waals surface area (Å²) in [4.78, 5) is 11.3. The van der Waals surface area contributed by atoms with E-state index in [2.05, 4.69) is 10.1 Å². The number of benzene rings is 1. The first kappa shape index (κ1) is 15.8. The summed E-state index contributed by atoms with van der Waals surface area (Å²) in [6.07, 6.45) is 2.27. The third-order valence-corrected chi connectivity index (χ3v) is 3.02. The molecule has 0 aliphatic heterocycles. The molecule has 6 heteroatoms. The van der Waals surface area contributed by atoms with Crippen LogP contribution in [-0.2, 0) is 9.53 Å². The Labute approximate surface area is 121 Å². The fourth-order valence-electron chi connectivity index (χ4n) is 1.45. The maximum atomic E-state index is 13.2. The van der Waals surface area contributed by atoms with Crippen LogP contribution in [0.5, 0.6) is 0 Å². The molecule has 0 fully saturated rings. The number of esters is 1. The summed E-state index contributed by atoms with van der Waals surface area (Å²) in [5.74, 6) is -1.01. The number of methoxy groups -OCH3 is 1. The van der Waals surface area contributed by atoms with E-state index in [-0.39, 0.29) is 16.0 Å². The van der Waals surface area contributed by atoms with Gasteiger partial charge in [0, 0.05) is 17.8 Å². The van der Waals surface area contributed by atoms with Gasteiger partial charge >= 0.3 is 5.97 Å². The van der Waals surface area contributed by atoms with Crippen LogP contribution in [0.3, 0.4) is 0 Å². The second-order valence-electron chi connectivity index (χ2n) is 3.71. The highest BCUT2D eigenvalue weighted by Crippen LogP contribution is 2.27. The second-order valence-corrected chi connectivity index (χ2v) is 4.52. The van der Waals surface area contributed by atoms with Crippen molar-refractivity contribution in [2.75, 3.05) is 19.0 Å². The van der Waals surface area contributed by atoms with E-state index in [1.165, 1.54) is 19.2 Å². The van der Waals surface area contributed by atoms with Crippen LogP contribution < -0.4 is 5.32 Å². The molecule has 19 heavy (non-hydrogen) atoms. The molecule has 0 aliphatic rings. The van der Waals surface area contributed by atoms with Crippen molar-refractivity contribution < 1.29 is 13.9 Å². The third-order valence-electron chi connectivity index (χ3n) is 2.47. The van der Waals surface area contributed by atoms with Crippen LogP contribution in [0, 0.1) is 5.82 Å². The van der Waals surface area contributed by atoms with Crippen LogP contribution in [0.25, 0.3) is 0 Å². The predicted molar refractivity (Wildman–Crippen MR) is 75.3 cm³/mol. The molecule has 0 heterocycles. The van der Waals surface area contributed by atoms with Crippen molar-refractivity contribution in [2.45, 2.75) is 13.3 Å². The van der Waals surface area contributed by atoms with Crippen molar-refractivity contribution in [3.63, 3.8) is 0 Å². The van der Waals surface area contributed by atoms with E-state index in [0.29, 0.717) is 24.2 Å². The highest BCUT2D eigenvalue weighted by Gasteiger charge is 2.08. The molecular weight excluding hydrogens is 292 g/mol. The monoisotopic (exact) mass is 305 g/mol. The van der Waals surface area contributed by atoms with Crippen LogP contribution in [0.15, 0.2) is 23.8 Å². The molecule has 1 aromatic rings. The van der Waals surface area contributed by atoms with Gasteiger partial charge in [-0.05, 0) is 18.6 Å². The molecule has 0 saturated heterocycles. The van der Waals surface area contributed by atoms with Crippen LogP contribution in [0.4, 0.5) is 10.1 Å². The van der Waals surface area contributed by atoms with Gasteiger partial charge in [-0.1, -0.05) is 36.2 Å². The Morgan fingerprint density at radius 2 is 2.00 bits per heavy atom. The minimum atomic E-state index is -0.645. The molecule has 0 radical (unpaired) electrons. The van der Waals surface area contributed by atoms with Crippen LogP contribution in [0.2, 0.25) is 10.0 Å². The van der Waals surface area contributed by atoms with Crippen molar-refractivity contribution >= 4 is 34.9 Å². The average Bonchev–Trinajstić information content (AvgIpc) is 2.40. The van der Waals surface area contributed by atoms with Gasteiger partial charge in [0.1, 0.15) is 0 Å². The zero-order valence-corrected chi connectivity index (χ0v) is 12.1. The Kier molecular flexibility index (Phi) is 6.12. The summed E-state index contributed by atoms with van der Waals surface area (Å²) in [5.41, 5.74) is 1.14. The van der Waals surface area contributed by atoms with Crippen molar-refractivity contribution in [1.82, 2.24) is 0 Å². The fourth-order valence-corrected chi connectivity index (χ4v) is 1.94. The maximum absolute atomic E-state index is 13.2. The minimum Gasteiger partial charge on any atom is -0.466 e. The lowest BCUT2D eigenvalue weighted by Crippen LogP contribution is -2.07. The van der Waals surface area contributed by atoms with Gasteiger partial charge in [-0.25, -0.2) is 9.18 Å². The number of ether oxygens (including phenoxy) is 1. The normalized spacial score (nSPS) is 11.3. The van der Waals surface area contributed by atoms with E-state index in [1.54, 1.807) is 6.08 Å². The molecule has 0 amide bonds. The van der Waals surface area contributed by atoms with E-state index in [0.717, 1.165) is 0 Å². The Morgan fingerprint density at radius 3 is 2.47 bits per heavy atom. The molecule has 0 spiro atoms. The lowest BCUT2D eigenvalue weighted by Gasteiger charge is -2.07. The van der Waals surface area contributed by atoms with Crippen molar-refractivity contribution in [2.24, 2.45) is 0 Å². The summed E-state index contributed by atoms with van der Waals surface area (Å²) in [5, 5.41) is 2.87. The van der Waals surface area contributed by atoms with Crippen LogP contribution in [0.1, 0.15) is 13.3 Å². The van der Waals surface area contributed by atoms with Gasteiger partial charge in [-0.3, -0.25) is 0 Å². The molecule has 0 atom stereocenters. The molecule has 104 valence electrons. The number of hydrogen-bond acceptors (Lipinski definition) is 3. The highest BCUT2D eigenvalue weighted by molar-refractivity contribution is 6.35. The molecule has 1 N–H and O–H groups in total. The van der Waals surface area contributed by atoms with Crippen molar-refractivity contribution in [1.29, 1.82) is 0 Å². The lowest BCUT2D eigenvalue weighted by atomic mass is 10.2. The summed E-state index contributed by atoms with van der Waals surface area (Å²) in [6, 6.07) is 2.86. The number of rotatable bonds is 5. The molecule has 3 nitrogen and oxygen atoms in total. The number of carbonyl (C=O) groups is 1. The SMILES string of the molecule is CC/C(=C/CNc1cc(Cl)c(F)c(Cl)c1)C(=O)OC. The van der Waals surface area contributed by atoms with E-state index in [4.69, 9.17) is 23.2 Å². The zero-order valence-electron chi connectivity index (χ0n) is 10.6. The highest BCUT2D eigenvalue weighted by atomic mass is 35.5. The molecule has 0 saturated carbocycles. The van der Waals surface area contributed by atoms with Crippen molar-refractivity contribution in [3.8, 4) is 0 Å². The standard InChI is InChI=1S/C13H14Cl2FNO2/c1-3-8(13(18)19-2)4-5-17-9-6-10(14)12(16)11(15)7-9/h4,6-7,17H,3,5H2,1-2H3/b8-4-.